The minimum Gasteiger partial charge on any atom is -0.493 e. The third kappa shape index (κ3) is 3.75. The summed E-state index contributed by atoms with van der Waals surface area (Å²) in [6, 6.07) is 7.21. The van der Waals surface area contributed by atoms with E-state index in [-0.39, 0.29) is 0 Å². The molecule has 0 saturated carbocycles. The number of nitrogens with zero attached hydrogens (tertiary/aromatic N) is 1. The third-order valence-electron chi connectivity index (χ3n) is 4.01. The maximum atomic E-state index is 12.2. The number of nitrogens with one attached hydrogen (secondary N) is 1. The lowest BCUT2D eigenvalue weighted by atomic mass is 10.1. The maximum Gasteiger partial charge on any atom is 0.346 e. The Morgan fingerprint density at radius 3 is 2.92 bits per heavy atom. The van der Waals surface area contributed by atoms with E-state index in [9.17, 15) is 4.79 Å². The van der Waals surface area contributed by atoms with E-state index in [0.29, 0.717) is 28.4 Å². The molecule has 6 nitrogen and oxygen atoms in total. The number of morpholine rings is 1. The summed E-state index contributed by atoms with van der Waals surface area (Å²) in [5, 5.41) is 3.92. The van der Waals surface area contributed by atoms with Crippen molar-refractivity contribution in [3.8, 4) is 5.75 Å². The lowest BCUT2D eigenvalue weighted by molar-refractivity contribution is 0.0389. The quantitative estimate of drug-likeness (QED) is 0.647. The van der Waals surface area contributed by atoms with Gasteiger partial charge in [-0.3, -0.25) is 4.90 Å². The molecule has 0 atom stereocenters. The number of rotatable bonds is 5. The van der Waals surface area contributed by atoms with Crippen LogP contribution in [0.1, 0.15) is 5.56 Å². The smallest absolute Gasteiger partial charge is 0.346 e. The first-order valence-corrected chi connectivity index (χ1v) is 8.29. The van der Waals surface area contributed by atoms with Gasteiger partial charge in [-0.05, 0) is 12.1 Å². The highest BCUT2D eigenvalue weighted by molar-refractivity contribution is 7.80. The molecule has 3 rings (SSSR count). The summed E-state index contributed by atoms with van der Waals surface area (Å²) in [4.78, 5) is 14.9. The molecule has 1 N–H and O–H groups in total. The molecule has 1 fully saturated rings. The Hall–Kier alpha value is -1.96. The van der Waals surface area contributed by atoms with Gasteiger partial charge >= 0.3 is 5.63 Å². The van der Waals surface area contributed by atoms with Gasteiger partial charge in [0.15, 0.2) is 11.3 Å². The highest BCUT2D eigenvalue weighted by Crippen LogP contribution is 2.24. The summed E-state index contributed by atoms with van der Waals surface area (Å²) in [5.74, 6) is 0.530. The molecule has 1 aliphatic rings. The lowest BCUT2D eigenvalue weighted by Crippen LogP contribution is -2.41. The number of benzene rings is 1. The predicted octanol–water partition coefficient (Wildman–Crippen LogP) is 1.40. The Kier molecular flexibility index (Phi) is 5.44. The Bertz CT molecular complexity index is 784. The second-order valence-electron chi connectivity index (χ2n) is 5.54. The van der Waals surface area contributed by atoms with Crippen LogP contribution in [0, 0.1) is 0 Å². The zero-order chi connectivity index (χ0) is 16.9. The van der Waals surface area contributed by atoms with E-state index in [0.717, 1.165) is 38.2 Å². The van der Waals surface area contributed by atoms with Crippen LogP contribution >= 0.6 is 12.2 Å². The molecular weight excluding hydrogens is 328 g/mol. The Morgan fingerprint density at radius 2 is 2.17 bits per heavy atom. The molecule has 0 radical (unpaired) electrons. The van der Waals surface area contributed by atoms with Crippen LogP contribution in [0.2, 0.25) is 0 Å². The summed E-state index contributed by atoms with van der Waals surface area (Å²) in [6.45, 7) is 4.91. The number of hydrogen-bond donors (Lipinski definition) is 1. The first kappa shape index (κ1) is 16.9. The first-order valence-electron chi connectivity index (χ1n) is 7.88. The molecule has 24 heavy (non-hydrogen) atoms. The van der Waals surface area contributed by atoms with Crippen molar-refractivity contribution in [1.29, 1.82) is 0 Å². The summed E-state index contributed by atoms with van der Waals surface area (Å²) >= 11 is 5.35. The molecular formula is C17H20N2O4S. The molecule has 0 aliphatic carbocycles. The lowest BCUT2D eigenvalue weighted by Gasteiger charge is -2.26. The van der Waals surface area contributed by atoms with Crippen molar-refractivity contribution in [2.75, 3.05) is 46.5 Å². The molecule has 0 bridgehead atoms. The van der Waals surface area contributed by atoms with Crippen molar-refractivity contribution in [1.82, 2.24) is 10.2 Å². The molecule has 2 heterocycles. The molecule has 0 spiro atoms. The second kappa shape index (κ2) is 7.74. The van der Waals surface area contributed by atoms with Gasteiger partial charge in [0.2, 0.25) is 0 Å². The van der Waals surface area contributed by atoms with Gasteiger partial charge in [-0.2, -0.15) is 0 Å². The van der Waals surface area contributed by atoms with E-state index >= 15 is 0 Å². The molecule has 0 amide bonds. The largest absolute Gasteiger partial charge is 0.493 e. The summed E-state index contributed by atoms with van der Waals surface area (Å²) < 4.78 is 15.9. The van der Waals surface area contributed by atoms with Crippen LogP contribution in [-0.2, 0) is 4.74 Å². The number of ether oxygens (including phenoxy) is 2. The molecule has 2 aromatic rings. The van der Waals surface area contributed by atoms with Gasteiger partial charge in [0, 0.05) is 31.6 Å². The number of thiocarbonyl (C=S) groups is 1. The van der Waals surface area contributed by atoms with Crippen molar-refractivity contribution in [2.24, 2.45) is 0 Å². The van der Waals surface area contributed by atoms with Crippen molar-refractivity contribution >= 4 is 28.2 Å². The second-order valence-corrected chi connectivity index (χ2v) is 5.94. The van der Waals surface area contributed by atoms with Crippen LogP contribution in [-0.4, -0.2) is 56.4 Å². The van der Waals surface area contributed by atoms with Gasteiger partial charge < -0.3 is 19.2 Å². The Morgan fingerprint density at radius 1 is 1.38 bits per heavy atom. The molecule has 128 valence electrons. The standard InChI is InChI=1S/C17H20N2O4S/c1-21-14-4-2-3-12-11-13(17(20)23-15(12)14)16(24)18-5-6-19-7-9-22-10-8-19/h2-4,11H,5-10H2,1H3,(H,18,24). The Labute approximate surface area is 145 Å². The number of methoxy groups -OCH3 is 1. The molecule has 7 heteroatoms. The van der Waals surface area contributed by atoms with Crippen molar-refractivity contribution < 1.29 is 13.9 Å². The molecule has 1 aromatic carbocycles. The van der Waals surface area contributed by atoms with Gasteiger partial charge in [-0.25, -0.2) is 4.79 Å². The maximum absolute atomic E-state index is 12.2. The van der Waals surface area contributed by atoms with E-state index in [1.165, 1.54) is 0 Å². The van der Waals surface area contributed by atoms with Gasteiger partial charge in [0.1, 0.15) is 4.99 Å². The summed E-state index contributed by atoms with van der Waals surface area (Å²) in [5.41, 5.74) is 0.341. The van der Waals surface area contributed by atoms with Gasteiger partial charge in [0.05, 0.1) is 25.9 Å². The number of para-hydroxylation sites is 1. The molecule has 1 saturated heterocycles. The van der Waals surface area contributed by atoms with Crippen LogP contribution in [0.3, 0.4) is 0 Å². The highest BCUT2D eigenvalue weighted by atomic mass is 32.1. The van der Waals surface area contributed by atoms with Crippen LogP contribution in [0.5, 0.6) is 5.75 Å². The SMILES string of the molecule is COc1cccc2cc(C(=S)NCCN3CCOCC3)c(=O)oc12. The fraction of sp³-hybridized carbons (Fsp3) is 0.412. The van der Waals surface area contributed by atoms with E-state index < -0.39 is 5.63 Å². The highest BCUT2D eigenvalue weighted by Gasteiger charge is 2.14. The van der Waals surface area contributed by atoms with E-state index in [1.54, 1.807) is 19.2 Å². The molecule has 1 aliphatic heterocycles. The Balaban J connectivity index is 1.70. The zero-order valence-electron chi connectivity index (χ0n) is 13.5. The molecule has 0 unspecified atom stereocenters. The van der Waals surface area contributed by atoms with Gasteiger partial charge in [0.25, 0.3) is 0 Å². The topological polar surface area (TPSA) is 63.9 Å². The average molecular weight is 348 g/mol. The monoisotopic (exact) mass is 348 g/mol. The minimum absolute atomic E-state index is 0.368. The fourth-order valence-corrected chi connectivity index (χ4v) is 2.93. The third-order valence-corrected chi connectivity index (χ3v) is 4.37. The average Bonchev–Trinajstić information content (AvgIpc) is 2.61. The van der Waals surface area contributed by atoms with Crippen LogP contribution in [0.15, 0.2) is 33.5 Å². The predicted molar refractivity (Wildman–Crippen MR) is 96.0 cm³/mol. The first-order chi connectivity index (χ1) is 11.7. The van der Waals surface area contributed by atoms with E-state index in [4.69, 9.17) is 26.1 Å². The van der Waals surface area contributed by atoms with Gasteiger partial charge in [-0.15, -0.1) is 0 Å². The summed E-state index contributed by atoms with van der Waals surface area (Å²) in [6.07, 6.45) is 0. The van der Waals surface area contributed by atoms with E-state index in [2.05, 4.69) is 10.2 Å². The fourth-order valence-electron chi connectivity index (χ4n) is 2.68. The van der Waals surface area contributed by atoms with E-state index in [1.807, 2.05) is 12.1 Å². The van der Waals surface area contributed by atoms with Crippen LogP contribution in [0.4, 0.5) is 0 Å². The zero-order valence-corrected chi connectivity index (χ0v) is 14.4. The number of fused-ring (bicyclic) bond motifs is 1. The minimum atomic E-state index is -0.462. The van der Waals surface area contributed by atoms with Crippen molar-refractivity contribution in [2.45, 2.75) is 0 Å². The van der Waals surface area contributed by atoms with Crippen LogP contribution < -0.4 is 15.7 Å². The molecule has 1 aromatic heterocycles. The van der Waals surface area contributed by atoms with Crippen molar-refractivity contribution in [3.05, 3.63) is 40.2 Å². The van der Waals surface area contributed by atoms with Crippen LogP contribution in [0.25, 0.3) is 11.0 Å². The number of hydrogen-bond acceptors (Lipinski definition) is 6. The normalized spacial score (nSPS) is 15.4. The van der Waals surface area contributed by atoms with Gasteiger partial charge in [-0.1, -0.05) is 24.4 Å². The van der Waals surface area contributed by atoms with Crippen molar-refractivity contribution in [3.63, 3.8) is 0 Å². The summed E-state index contributed by atoms with van der Waals surface area (Å²) in [7, 11) is 1.54.